The molecule has 0 radical (unpaired) electrons. The number of fused-ring (bicyclic) bond motifs is 2. The number of aliphatic hydroxyl groups is 2. The largest absolute Gasteiger partial charge is 0.508 e. The molecule has 17 unspecified atom stereocenters. The van der Waals surface area contributed by atoms with Crippen LogP contribution in [0, 0.1) is 63.1 Å². The fourth-order valence-corrected chi connectivity index (χ4v) is 21.6. The molecule has 2 saturated heterocycles. The SMILES string of the molecule is CNCc1cc(O)cc(C2CC3(C4CCCCC4)C4C(CC56CCCC7CCCCC7C(CC(O)C7OC7(C)C7CCCC7c7cccc(N)c7)C7=C(CCC35)C6(C)CC7=O)NCC(C)(O)CCCCC4(C)C2=O)c1. The molecule has 0 amide bonds. The van der Waals surface area contributed by atoms with Gasteiger partial charge in [-0.05, 0) is 209 Å². The molecule has 1 spiro atoms. The maximum absolute atomic E-state index is 16.2. The lowest BCUT2D eigenvalue weighted by molar-refractivity contribution is -0.233. The summed E-state index contributed by atoms with van der Waals surface area (Å²) in [7, 11) is 1.95. The number of ketones is 2. The lowest BCUT2D eigenvalue weighted by Crippen LogP contribution is -2.73. The zero-order chi connectivity index (χ0) is 52.3. The smallest absolute Gasteiger partial charge is 0.160 e. The number of hydrogen-bond donors (Lipinski definition) is 6. The summed E-state index contributed by atoms with van der Waals surface area (Å²) in [6.07, 6.45) is 24.6. The third kappa shape index (κ3) is 8.51. The predicted molar refractivity (Wildman–Crippen MR) is 297 cm³/mol. The Bertz CT molecular complexity index is 2530. The van der Waals surface area contributed by atoms with Crippen molar-refractivity contribution in [2.45, 2.75) is 236 Å². The van der Waals surface area contributed by atoms with E-state index in [2.05, 4.69) is 55.7 Å². The van der Waals surface area contributed by atoms with Gasteiger partial charge in [-0.3, -0.25) is 9.59 Å². The zero-order valence-electron chi connectivity index (χ0n) is 46.7. The molecule has 12 rings (SSSR count). The third-order valence-electron chi connectivity index (χ3n) is 24.5. The van der Waals surface area contributed by atoms with Gasteiger partial charge in [0.2, 0.25) is 0 Å². The quantitative estimate of drug-likeness (QED) is 0.106. The van der Waals surface area contributed by atoms with E-state index in [1.165, 1.54) is 62.5 Å². The van der Waals surface area contributed by atoms with Crippen LogP contribution in [-0.2, 0) is 20.9 Å². The Balaban J connectivity index is 0.988. The van der Waals surface area contributed by atoms with E-state index in [1.54, 1.807) is 0 Å². The van der Waals surface area contributed by atoms with E-state index in [0.29, 0.717) is 79.4 Å². The summed E-state index contributed by atoms with van der Waals surface area (Å²) in [5.41, 5.74) is 10.3. The van der Waals surface area contributed by atoms with Crippen LogP contribution in [0.3, 0.4) is 0 Å². The van der Waals surface area contributed by atoms with Crippen molar-refractivity contribution in [2.24, 2.45) is 63.1 Å². The Morgan fingerprint density at radius 2 is 1.60 bits per heavy atom. The third-order valence-corrected chi connectivity index (χ3v) is 24.5. The van der Waals surface area contributed by atoms with E-state index in [1.807, 2.05) is 32.2 Å². The molecule has 17 atom stereocenters. The van der Waals surface area contributed by atoms with Gasteiger partial charge in [-0.15, -0.1) is 0 Å². The first-order valence-corrected chi connectivity index (χ1v) is 30.9. The molecular formula is C66H95N3O6. The first kappa shape index (κ1) is 52.6. The number of nitrogens with two attached hydrogens (primary N) is 1. The lowest BCUT2D eigenvalue weighted by Gasteiger charge is -2.74. The first-order chi connectivity index (χ1) is 36.0. The van der Waals surface area contributed by atoms with Crippen LogP contribution in [0.2, 0.25) is 0 Å². The number of hydrogen-bond acceptors (Lipinski definition) is 9. The van der Waals surface area contributed by atoms with Crippen molar-refractivity contribution in [3.05, 3.63) is 70.3 Å². The van der Waals surface area contributed by atoms with E-state index in [0.717, 1.165) is 112 Å². The van der Waals surface area contributed by atoms with Gasteiger partial charge in [0.05, 0.1) is 17.3 Å². The second-order valence-corrected chi connectivity index (χ2v) is 28.4. The molecular weight excluding hydrogens is 931 g/mol. The topological polar surface area (TPSA) is 157 Å². The van der Waals surface area contributed by atoms with E-state index < -0.39 is 22.7 Å². The summed E-state index contributed by atoms with van der Waals surface area (Å²) in [6, 6.07) is 14.4. The molecule has 6 saturated carbocycles. The molecule has 9 nitrogen and oxygen atoms in total. The number of nitrogen functional groups attached to an aromatic ring is 1. The van der Waals surface area contributed by atoms with Gasteiger partial charge in [0.15, 0.2) is 5.78 Å². The second kappa shape index (κ2) is 19.6. The minimum absolute atomic E-state index is 0.00132. The number of Topliss-reactive ketones (excluding diaryl/α,β-unsaturated/α-hetero) is 2. The van der Waals surface area contributed by atoms with E-state index in [9.17, 15) is 15.3 Å². The number of epoxide rings is 1. The number of ether oxygens (including phenoxy) is 1. The number of rotatable bonds is 9. The number of phenols is 1. The zero-order valence-corrected chi connectivity index (χ0v) is 46.7. The standard InChI is InChI=1S/C66H95N3O6/c1-61(74)27-11-12-28-62(2)58-53(69-39-61)36-65-29-15-18-41-16-9-10-22-47(41)49(34-54(71)60-64(4,75-60)51-24-14-23-48(51)42-17-13-21-45(67)32-42)57-52(63(65,3)37-55(57)72)25-26-56(65)66(58,44-19-7-6-8-20-44)35-50(59(62)73)43-30-40(38-68-5)31-46(70)33-43/h13,17,21,30-33,41,44,47-51,53-54,56,58,60,68-71,74H,6-12,14-16,18-20,22-29,34-39,67H2,1-5H3. The number of β-amino-alcohol motifs (C(OH)–C–C–N with tert-alkyl or cyclic N) is 1. The Labute approximate surface area is 450 Å². The van der Waals surface area contributed by atoms with E-state index >= 15 is 9.59 Å². The Morgan fingerprint density at radius 3 is 2.40 bits per heavy atom. The van der Waals surface area contributed by atoms with Crippen LogP contribution in [0.5, 0.6) is 5.75 Å². The number of nitrogens with one attached hydrogen (secondary N) is 2. The summed E-state index contributed by atoms with van der Waals surface area (Å²) in [4.78, 5) is 32.1. The normalized spacial score (nSPS) is 44.6. The molecule has 2 aromatic carbocycles. The molecule has 410 valence electrons. The van der Waals surface area contributed by atoms with Crippen molar-refractivity contribution >= 4 is 17.3 Å². The van der Waals surface area contributed by atoms with Gasteiger partial charge in [0, 0.05) is 48.0 Å². The van der Waals surface area contributed by atoms with Gasteiger partial charge in [0.25, 0.3) is 0 Å². The first-order valence-electron chi connectivity index (χ1n) is 30.9. The van der Waals surface area contributed by atoms with Crippen LogP contribution >= 0.6 is 0 Å². The molecule has 2 aliphatic heterocycles. The van der Waals surface area contributed by atoms with Crippen LogP contribution in [-0.4, -0.2) is 69.9 Å². The molecule has 8 fully saturated rings. The number of allylic oxidation sites excluding steroid dienone is 2. The van der Waals surface area contributed by atoms with E-state index in [-0.39, 0.29) is 51.9 Å². The molecule has 2 heterocycles. The number of carbonyl (C=O) groups is 2. The summed E-state index contributed by atoms with van der Waals surface area (Å²) in [5, 5.41) is 44.0. The molecule has 4 bridgehead atoms. The highest BCUT2D eigenvalue weighted by Gasteiger charge is 2.76. The van der Waals surface area contributed by atoms with Gasteiger partial charge in [-0.25, -0.2) is 0 Å². The van der Waals surface area contributed by atoms with Crippen LogP contribution in [0.1, 0.15) is 217 Å². The molecule has 75 heavy (non-hydrogen) atoms. The summed E-state index contributed by atoms with van der Waals surface area (Å²) in [5.74, 6) is 3.00. The number of aromatic hydroxyl groups is 1. The van der Waals surface area contributed by atoms with Gasteiger partial charge >= 0.3 is 0 Å². The number of aliphatic hydroxyl groups excluding tert-OH is 1. The van der Waals surface area contributed by atoms with Crippen LogP contribution in [0.4, 0.5) is 5.69 Å². The summed E-state index contributed by atoms with van der Waals surface area (Å²) in [6.45, 7) is 10.3. The molecule has 10 aliphatic rings. The highest BCUT2D eigenvalue weighted by atomic mass is 16.6. The van der Waals surface area contributed by atoms with Crippen molar-refractivity contribution in [1.82, 2.24) is 10.6 Å². The number of anilines is 1. The van der Waals surface area contributed by atoms with Crippen molar-refractivity contribution in [2.75, 3.05) is 19.3 Å². The molecule has 0 aromatic heterocycles. The Hall–Kier alpha value is -3.08. The molecule has 9 heteroatoms. The minimum atomic E-state index is -0.865. The molecule has 2 aromatic rings. The number of phenolic OH excluding ortho intramolecular Hbond substituents is 1. The van der Waals surface area contributed by atoms with Gasteiger partial charge < -0.3 is 36.4 Å². The molecule has 7 N–H and O–H groups in total. The van der Waals surface area contributed by atoms with Crippen molar-refractivity contribution < 1.29 is 29.6 Å². The average molecular weight is 1030 g/mol. The lowest BCUT2D eigenvalue weighted by atomic mass is 9.30. The van der Waals surface area contributed by atoms with Crippen LogP contribution in [0.15, 0.2) is 53.6 Å². The highest BCUT2D eigenvalue weighted by molar-refractivity contribution is 6.01. The van der Waals surface area contributed by atoms with Crippen LogP contribution < -0.4 is 16.4 Å². The minimum Gasteiger partial charge on any atom is -0.508 e. The van der Waals surface area contributed by atoms with Crippen molar-refractivity contribution in [3.63, 3.8) is 0 Å². The van der Waals surface area contributed by atoms with Crippen LogP contribution in [0.25, 0.3) is 0 Å². The summed E-state index contributed by atoms with van der Waals surface area (Å²) >= 11 is 0. The predicted octanol–water partition coefficient (Wildman–Crippen LogP) is 12.4. The second-order valence-electron chi connectivity index (χ2n) is 28.4. The van der Waals surface area contributed by atoms with Crippen molar-refractivity contribution in [1.29, 1.82) is 0 Å². The highest BCUT2D eigenvalue weighted by Crippen LogP contribution is 2.79. The Kier molecular flexibility index (Phi) is 13.8. The Morgan fingerprint density at radius 1 is 0.827 bits per heavy atom. The monoisotopic (exact) mass is 1030 g/mol. The van der Waals surface area contributed by atoms with Gasteiger partial charge in [0.1, 0.15) is 17.6 Å². The fourth-order valence-electron chi connectivity index (χ4n) is 21.6. The maximum Gasteiger partial charge on any atom is 0.160 e. The molecule has 8 aliphatic carbocycles. The van der Waals surface area contributed by atoms with Crippen molar-refractivity contribution in [3.8, 4) is 5.75 Å². The van der Waals surface area contributed by atoms with Gasteiger partial charge in [-0.2, -0.15) is 0 Å². The number of benzene rings is 2. The number of carbonyl (C=O) groups excluding carboxylic acids is 2. The fraction of sp³-hybridized carbons (Fsp3) is 0.758. The van der Waals surface area contributed by atoms with E-state index in [4.69, 9.17) is 10.5 Å². The van der Waals surface area contributed by atoms with Gasteiger partial charge in [-0.1, -0.05) is 108 Å². The average Bonchev–Trinajstić information content (AvgIpc) is 3.78. The maximum atomic E-state index is 16.2. The summed E-state index contributed by atoms with van der Waals surface area (Å²) < 4.78 is 6.83.